The zero-order valence-corrected chi connectivity index (χ0v) is 11.8. The molecule has 1 amide bonds. The van der Waals surface area contributed by atoms with Gasteiger partial charge in [-0.3, -0.25) is 9.59 Å². The molecule has 1 heterocycles. The van der Waals surface area contributed by atoms with Crippen LogP contribution in [0.5, 0.6) is 0 Å². The molecule has 1 aliphatic rings. The van der Waals surface area contributed by atoms with E-state index in [0.717, 1.165) is 0 Å². The Balaban J connectivity index is 2.14. The number of methoxy groups -OCH3 is 1. The summed E-state index contributed by atoms with van der Waals surface area (Å²) < 4.78 is 18.5. The number of benzene rings is 1. The first-order chi connectivity index (χ1) is 9.52. The van der Waals surface area contributed by atoms with Crippen molar-refractivity contribution >= 4 is 23.5 Å². The molecule has 2 rings (SSSR count). The van der Waals surface area contributed by atoms with E-state index in [1.165, 1.54) is 18.1 Å². The van der Waals surface area contributed by atoms with Crippen LogP contribution in [-0.4, -0.2) is 29.9 Å². The minimum absolute atomic E-state index is 0.0265. The van der Waals surface area contributed by atoms with E-state index < -0.39 is 5.82 Å². The number of hydrogen-bond acceptors (Lipinski definition) is 3. The second-order valence-corrected chi connectivity index (χ2v) is 5.11. The van der Waals surface area contributed by atoms with E-state index in [1.54, 1.807) is 12.1 Å². The highest BCUT2D eigenvalue weighted by Crippen LogP contribution is 2.26. The van der Waals surface area contributed by atoms with Crippen molar-refractivity contribution in [2.24, 2.45) is 0 Å². The maximum absolute atomic E-state index is 13.9. The van der Waals surface area contributed by atoms with E-state index in [1.807, 2.05) is 0 Å². The maximum Gasteiger partial charge on any atom is 0.307 e. The van der Waals surface area contributed by atoms with E-state index in [2.05, 4.69) is 4.74 Å². The van der Waals surface area contributed by atoms with Gasteiger partial charge in [-0.15, -0.1) is 0 Å². The molecule has 0 N–H and O–H groups in total. The lowest BCUT2D eigenvalue weighted by molar-refractivity contribution is -0.142. The van der Waals surface area contributed by atoms with E-state index in [-0.39, 0.29) is 35.9 Å². The average Bonchev–Trinajstić information content (AvgIpc) is 2.76. The van der Waals surface area contributed by atoms with Crippen LogP contribution in [0.1, 0.15) is 24.8 Å². The summed E-state index contributed by atoms with van der Waals surface area (Å²) in [5, 5.41) is 0.0265. The molecule has 1 atom stereocenters. The highest BCUT2D eigenvalue weighted by Gasteiger charge is 2.33. The summed E-state index contributed by atoms with van der Waals surface area (Å²) in [5.41, 5.74) is 0.350. The molecule has 1 aromatic rings. The number of rotatable bonds is 4. The van der Waals surface area contributed by atoms with E-state index in [0.29, 0.717) is 18.4 Å². The Morgan fingerprint density at radius 1 is 1.55 bits per heavy atom. The van der Waals surface area contributed by atoms with Crippen LogP contribution < -0.4 is 0 Å². The lowest BCUT2D eigenvalue weighted by atomic mass is 10.1. The second-order valence-electron chi connectivity index (χ2n) is 4.71. The van der Waals surface area contributed by atoms with Gasteiger partial charge < -0.3 is 9.64 Å². The standard InChI is InChI=1S/C14H15ClFNO3/c1-20-13(19)7-10-5-6-12(18)17(10)8-9-3-2-4-11(15)14(9)16/h2-4,10H,5-8H2,1H3/t10-/m0/s1. The molecule has 20 heavy (non-hydrogen) atoms. The van der Waals surface area contributed by atoms with Gasteiger partial charge in [-0.25, -0.2) is 4.39 Å². The number of ether oxygens (including phenoxy) is 1. The quantitative estimate of drug-likeness (QED) is 0.803. The van der Waals surface area contributed by atoms with Crippen molar-refractivity contribution in [1.29, 1.82) is 0 Å². The Labute approximate surface area is 121 Å². The predicted molar refractivity (Wildman–Crippen MR) is 71.6 cm³/mol. The Hall–Kier alpha value is -1.62. The van der Waals surface area contributed by atoms with Crippen LogP contribution >= 0.6 is 11.6 Å². The van der Waals surface area contributed by atoms with Crippen LogP contribution in [0.15, 0.2) is 18.2 Å². The van der Waals surface area contributed by atoms with Crippen LogP contribution in [0.2, 0.25) is 5.02 Å². The summed E-state index contributed by atoms with van der Waals surface area (Å²) in [4.78, 5) is 24.7. The zero-order valence-electron chi connectivity index (χ0n) is 11.1. The number of nitrogens with zero attached hydrogens (tertiary/aromatic N) is 1. The molecule has 1 aliphatic heterocycles. The third-order valence-electron chi connectivity index (χ3n) is 3.45. The third-order valence-corrected chi connectivity index (χ3v) is 3.75. The molecular weight excluding hydrogens is 285 g/mol. The van der Waals surface area contributed by atoms with E-state index in [9.17, 15) is 14.0 Å². The van der Waals surface area contributed by atoms with Crippen LogP contribution in [0, 0.1) is 5.82 Å². The molecule has 0 aromatic heterocycles. The van der Waals surface area contributed by atoms with Crippen LogP contribution in [0.4, 0.5) is 4.39 Å². The second kappa shape index (κ2) is 6.22. The monoisotopic (exact) mass is 299 g/mol. The van der Waals surface area contributed by atoms with Gasteiger partial charge in [0.15, 0.2) is 0 Å². The summed E-state index contributed by atoms with van der Waals surface area (Å²) in [7, 11) is 1.31. The van der Waals surface area contributed by atoms with E-state index in [4.69, 9.17) is 11.6 Å². The molecule has 1 fully saturated rings. The molecule has 6 heteroatoms. The van der Waals surface area contributed by atoms with Crippen molar-refractivity contribution in [2.75, 3.05) is 7.11 Å². The molecular formula is C14H15ClFNO3. The number of likely N-dealkylation sites (tertiary alicyclic amines) is 1. The zero-order chi connectivity index (χ0) is 14.7. The summed E-state index contributed by atoms with van der Waals surface area (Å²) in [5.74, 6) is -0.981. The van der Waals surface area contributed by atoms with Crippen molar-refractivity contribution in [3.63, 3.8) is 0 Å². The molecule has 108 valence electrons. The van der Waals surface area contributed by atoms with Gasteiger partial charge >= 0.3 is 5.97 Å². The molecule has 0 radical (unpaired) electrons. The number of carbonyl (C=O) groups is 2. The van der Waals surface area contributed by atoms with Gasteiger partial charge in [-0.1, -0.05) is 23.7 Å². The summed E-state index contributed by atoms with van der Waals surface area (Å²) >= 11 is 5.73. The van der Waals surface area contributed by atoms with Crippen molar-refractivity contribution in [1.82, 2.24) is 4.90 Å². The minimum Gasteiger partial charge on any atom is -0.469 e. The fourth-order valence-electron chi connectivity index (χ4n) is 2.35. The fraction of sp³-hybridized carbons (Fsp3) is 0.429. The molecule has 0 aliphatic carbocycles. The number of halogens is 2. The van der Waals surface area contributed by atoms with Gasteiger partial charge in [0.1, 0.15) is 5.82 Å². The van der Waals surface area contributed by atoms with Crippen molar-refractivity contribution in [3.8, 4) is 0 Å². The molecule has 4 nitrogen and oxygen atoms in total. The molecule has 0 saturated carbocycles. The van der Waals surface area contributed by atoms with Gasteiger partial charge in [0, 0.05) is 24.6 Å². The molecule has 0 spiro atoms. The maximum atomic E-state index is 13.9. The van der Waals surface area contributed by atoms with Gasteiger partial charge in [-0.2, -0.15) is 0 Å². The average molecular weight is 300 g/mol. The smallest absolute Gasteiger partial charge is 0.307 e. The highest BCUT2D eigenvalue weighted by atomic mass is 35.5. The first kappa shape index (κ1) is 14.8. The Morgan fingerprint density at radius 2 is 2.30 bits per heavy atom. The van der Waals surface area contributed by atoms with Crippen molar-refractivity contribution in [2.45, 2.75) is 31.8 Å². The Kier molecular flexibility index (Phi) is 4.60. The van der Waals surface area contributed by atoms with Crippen LogP contribution in [0.25, 0.3) is 0 Å². The first-order valence-electron chi connectivity index (χ1n) is 6.32. The van der Waals surface area contributed by atoms with Crippen LogP contribution in [-0.2, 0) is 20.9 Å². The Morgan fingerprint density at radius 3 is 3.00 bits per heavy atom. The number of esters is 1. The summed E-state index contributed by atoms with van der Waals surface area (Å²) in [6.45, 7) is 0.118. The molecule has 0 unspecified atom stereocenters. The normalized spacial score (nSPS) is 18.4. The van der Waals surface area contributed by atoms with Gasteiger partial charge in [0.25, 0.3) is 0 Å². The molecule has 1 saturated heterocycles. The van der Waals surface area contributed by atoms with Gasteiger partial charge in [-0.05, 0) is 12.5 Å². The van der Waals surface area contributed by atoms with Gasteiger partial charge in [0.2, 0.25) is 5.91 Å². The van der Waals surface area contributed by atoms with Crippen molar-refractivity contribution < 1.29 is 18.7 Å². The fourth-order valence-corrected chi connectivity index (χ4v) is 2.55. The molecule has 1 aromatic carbocycles. The molecule has 0 bridgehead atoms. The van der Waals surface area contributed by atoms with E-state index >= 15 is 0 Å². The Bertz CT molecular complexity index is 535. The lowest BCUT2D eigenvalue weighted by Crippen LogP contribution is -2.34. The minimum atomic E-state index is -0.523. The summed E-state index contributed by atoms with van der Waals surface area (Å²) in [6, 6.07) is 4.44. The number of carbonyl (C=O) groups excluding carboxylic acids is 2. The number of amides is 1. The van der Waals surface area contributed by atoms with Crippen LogP contribution in [0.3, 0.4) is 0 Å². The van der Waals surface area contributed by atoms with Gasteiger partial charge in [0.05, 0.1) is 18.6 Å². The SMILES string of the molecule is COC(=O)C[C@@H]1CCC(=O)N1Cc1cccc(Cl)c1F. The third kappa shape index (κ3) is 3.10. The summed E-state index contributed by atoms with van der Waals surface area (Å²) in [6.07, 6.45) is 1.07. The first-order valence-corrected chi connectivity index (χ1v) is 6.70. The predicted octanol–water partition coefficient (Wildman–Crippen LogP) is 2.53. The van der Waals surface area contributed by atoms with Crippen molar-refractivity contribution in [3.05, 3.63) is 34.6 Å². The number of hydrogen-bond donors (Lipinski definition) is 0. The topological polar surface area (TPSA) is 46.6 Å². The lowest BCUT2D eigenvalue weighted by Gasteiger charge is -2.24. The highest BCUT2D eigenvalue weighted by molar-refractivity contribution is 6.30. The largest absolute Gasteiger partial charge is 0.469 e.